The number of nitrogens with one attached hydrogen (secondary N) is 1. The van der Waals surface area contributed by atoms with Gasteiger partial charge in [0.1, 0.15) is 12.4 Å². The first-order chi connectivity index (χ1) is 17.4. The van der Waals surface area contributed by atoms with E-state index in [2.05, 4.69) is 5.32 Å². The number of thioether (sulfide) groups is 1. The van der Waals surface area contributed by atoms with Gasteiger partial charge < -0.3 is 9.88 Å². The molecule has 0 bridgehead atoms. The third kappa shape index (κ3) is 4.91. The van der Waals surface area contributed by atoms with Crippen molar-refractivity contribution in [1.29, 1.82) is 0 Å². The van der Waals surface area contributed by atoms with E-state index < -0.39 is 5.91 Å². The van der Waals surface area contributed by atoms with Crippen molar-refractivity contribution in [2.24, 2.45) is 0 Å². The third-order valence-electron chi connectivity index (χ3n) is 5.71. The average Bonchev–Trinajstić information content (AvgIpc) is 3.33. The molecule has 36 heavy (non-hydrogen) atoms. The highest BCUT2D eigenvalue weighted by atomic mass is 35.5. The number of fused-ring (bicyclic) bond motifs is 1. The molecule has 0 atom stereocenters. The normalized spacial score (nSPS) is 14.7. The second kappa shape index (κ2) is 10.0. The summed E-state index contributed by atoms with van der Waals surface area (Å²) in [5.74, 6) is -1.06. The fraction of sp³-hybridized carbons (Fsp3) is 0.0741. The molecule has 5 rings (SSSR count). The Hall–Kier alpha value is -3.88. The molecule has 180 valence electrons. The first-order valence-corrected chi connectivity index (χ1v) is 12.2. The van der Waals surface area contributed by atoms with Gasteiger partial charge in [0, 0.05) is 33.4 Å². The number of halogens is 2. The van der Waals surface area contributed by atoms with Crippen molar-refractivity contribution < 1.29 is 18.8 Å². The van der Waals surface area contributed by atoms with Crippen LogP contribution < -0.4 is 5.32 Å². The number of aromatic nitrogens is 1. The Morgan fingerprint density at radius 2 is 1.72 bits per heavy atom. The Bertz CT molecular complexity index is 1530. The van der Waals surface area contributed by atoms with Crippen LogP contribution >= 0.6 is 23.4 Å². The zero-order valence-corrected chi connectivity index (χ0v) is 20.4. The van der Waals surface area contributed by atoms with Gasteiger partial charge in [-0.3, -0.25) is 19.3 Å². The molecular weight excluding hydrogens is 501 g/mol. The number of carbonyl (C=O) groups is 3. The number of imide groups is 1. The highest BCUT2D eigenvalue weighted by molar-refractivity contribution is 8.18. The molecule has 4 aromatic rings. The van der Waals surface area contributed by atoms with Crippen molar-refractivity contribution in [1.82, 2.24) is 9.47 Å². The van der Waals surface area contributed by atoms with E-state index in [-0.39, 0.29) is 30.1 Å². The zero-order chi connectivity index (χ0) is 25.2. The van der Waals surface area contributed by atoms with Crippen LogP contribution in [0.1, 0.15) is 11.1 Å². The van der Waals surface area contributed by atoms with Crippen LogP contribution in [0.2, 0.25) is 5.02 Å². The minimum Gasteiger partial charge on any atom is -0.337 e. The molecule has 9 heteroatoms. The Labute approximate surface area is 215 Å². The maximum atomic E-state index is 13.1. The van der Waals surface area contributed by atoms with E-state index in [4.69, 9.17) is 11.6 Å². The lowest BCUT2D eigenvalue weighted by Crippen LogP contribution is -2.27. The van der Waals surface area contributed by atoms with Gasteiger partial charge in [0.05, 0.1) is 11.4 Å². The van der Waals surface area contributed by atoms with Gasteiger partial charge in [-0.1, -0.05) is 48.0 Å². The molecule has 1 N–H and O–H groups in total. The van der Waals surface area contributed by atoms with Crippen LogP contribution in [0.5, 0.6) is 0 Å². The first kappa shape index (κ1) is 23.8. The van der Waals surface area contributed by atoms with Crippen LogP contribution in [0.25, 0.3) is 17.0 Å². The fourth-order valence-electron chi connectivity index (χ4n) is 3.98. The number of carbonyl (C=O) groups excluding carboxylic acids is 3. The number of rotatable bonds is 6. The van der Waals surface area contributed by atoms with Crippen molar-refractivity contribution in [2.75, 3.05) is 5.32 Å². The molecule has 1 aromatic heterocycles. The minimum absolute atomic E-state index is 0.0136. The summed E-state index contributed by atoms with van der Waals surface area (Å²) in [5, 5.41) is 3.71. The van der Waals surface area contributed by atoms with Crippen LogP contribution in [0.3, 0.4) is 0 Å². The highest BCUT2D eigenvalue weighted by Gasteiger charge is 2.35. The van der Waals surface area contributed by atoms with Gasteiger partial charge in [0.15, 0.2) is 0 Å². The van der Waals surface area contributed by atoms with E-state index >= 15 is 0 Å². The molecule has 3 aromatic carbocycles. The summed E-state index contributed by atoms with van der Waals surface area (Å²) in [7, 11) is 0. The summed E-state index contributed by atoms with van der Waals surface area (Å²) in [5.41, 5.74) is 2.69. The summed E-state index contributed by atoms with van der Waals surface area (Å²) in [6, 6.07) is 20.1. The molecule has 1 saturated heterocycles. The van der Waals surface area contributed by atoms with E-state index in [9.17, 15) is 18.8 Å². The predicted octanol–water partition coefficient (Wildman–Crippen LogP) is 6.31. The topological polar surface area (TPSA) is 71.4 Å². The number of nitrogens with zero attached hydrogens (tertiary/aromatic N) is 2. The molecular formula is C27H19ClFN3O3S. The quantitative estimate of drug-likeness (QED) is 0.303. The van der Waals surface area contributed by atoms with Crippen molar-refractivity contribution >= 4 is 63.1 Å². The second-order valence-corrected chi connectivity index (χ2v) is 9.54. The maximum Gasteiger partial charge on any atom is 0.293 e. The summed E-state index contributed by atoms with van der Waals surface area (Å²) in [6.07, 6.45) is 3.45. The standard InChI is InChI=1S/C27H19ClFN3O3S/c28-22-7-3-1-5-17(22)15-32-26(34)24(36-27(32)35)13-18-14-31(23-8-4-2-6-21(18)23)16-25(33)30-20-11-9-19(29)10-12-20/h1-14H,15-16H2,(H,30,33)/b24-13-. The summed E-state index contributed by atoms with van der Waals surface area (Å²) in [4.78, 5) is 39.8. The molecule has 1 aliphatic rings. The van der Waals surface area contributed by atoms with E-state index in [1.807, 2.05) is 24.3 Å². The fourth-order valence-corrected chi connectivity index (χ4v) is 5.01. The lowest BCUT2D eigenvalue weighted by Gasteiger charge is -2.13. The molecule has 0 aliphatic carbocycles. The van der Waals surface area contributed by atoms with Crippen molar-refractivity contribution in [3.8, 4) is 0 Å². The molecule has 3 amide bonds. The molecule has 0 radical (unpaired) electrons. The largest absolute Gasteiger partial charge is 0.337 e. The van der Waals surface area contributed by atoms with Gasteiger partial charge in [-0.25, -0.2) is 4.39 Å². The smallest absolute Gasteiger partial charge is 0.293 e. The SMILES string of the molecule is O=C(Cn1cc(/C=C2\SC(=O)N(Cc3ccccc3Cl)C2=O)c2ccccc21)Nc1ccc(F)cc1. The lowest BCUT2D eigenvalue weighted by molar-refractivity contribution is -0.123. The summed E-state index contributed by atoms with van der Waals surface area (Å²) >= 11 is 7.08. The molecule has 0 saturated carbocycles. The third-order valence-corrected chi connectivity index (χ3v) is 6.98. The Balaban J connectivity index is 1.39. The van der Waals surface area contributed by atoms with Crippen LogP contribution in [0.15, 0.2) is 83.9 Å². The van der Waals surface area contributed by atoms with Crippen molar-refractivity contribution in [3.63, 3.8) is 0 Å². The van der Waals surface area contributed by atoms with E-state index in [0.29, 0.717) is 26.7 Å². The Kier molecular flexibility index (Phi) is 6.63. The minimum atomic E-state index is -0.393. The number of hydrogen-bond donors (Lipinski definition) is 1. The van der Waals surface area contributed by atoms with Gasteiger partial charge in [-0.15, -0.1) is 0 Å². The Morgan fingerprint density at radius 1 is 1.00 bits per heavy atom. The summed E-state index contributed by atoms with van der Waals surface area (Å²) in [6.45, 7) is 0.104. The van der Waals surface area contributed by atoms with Gasteiger partial charge in [-0.05, 0) is 59.8 Å². The molecule has 0 unspecified atom stereocenters. The zero-order valence-electron chi connectivity index (χ0n) is 18.8. The highest BCUT2D eigenvalue weighted by Crippen LogP contribution is 2.35. The van der Waals surface area contributed by atoms with Gasteiger partial charge in [0.2, 0.25) is 5.91 Å². The first-order valence-electron chi connectivity index (χ1n) is 11.0. The van der Waals surface area contributed by atoms with Gasteiger partial charge in [0.25, 0.3) is 11.1 Å². The van der Waals surface area contributed by atoms with Gasteiger partial charge >= 0.3 is 0 Å². The number of anilines is 1. The molecule has 1 fully saturated rings. The van der Waals surface area contributed by atoms with E-state index in [0.717, 1.165) is 22.7 Å². The van der Waals surface area contributed by atoms with Crippen LogP contribution in [-0.4, -0.2) is 26.5 Å². The van der Waals surface area contributed by atoms with Crippen LogP contribution in [0.4, 0.5) is 14.9 Å². The number of amides is 3. The monoisotopic (exact) mass is 519 g/mol. The van der Waals surface area contributed by atoms with E-state index in [1.54, 1.807) is 41.1 Å². The van der Waals surface area contributed by atoms with Crippen LogP contribution in [-0.2, 0) is 22.7 Å². The Morgan fingerprint density at radius 3 is 2.50 bits per heavy atom. The van der Waals surface area contributed by atoms with Crippen LogP contribution in [0, 0.1) is 5.82 Å². The number of hydrogen-bond acceptors (Lipinski definition) is 4. The number of para-hydroxylation sites is 1. The van der Waals surface area contributed by atoms with Gasteiger partial charge in [-0.2, -0.15) is 0 Å². The average molecular weight is 520 g/mol. The lowest BCUT2D eigenvalue weighted by atomic mass is 10.1. The summed E-state index contributed by atoms with van der Waals surface area (Å²) < 4.78 is 14.9. The molecule has 1 aliphatic heterocycles. The van der Waals surface area contributed by atoms with E-state index in [1.165, 1.54) is 29.2 Å². The maximum absolute atomic E-state index is 13.1. The van der Waals surface area contributed by atoms with Crippen molar-refractivity contribution in [2.45, 2.75) is 13.1 Å². The second-order valence-electron chi connectivity index (χ2n) is 8.14. The predicted molar refractivity (Wildman–Crippen MR) is 140 cm³/mol. The molecule has 0 spiro atoms. The molecule has 2 heterocycles. The van der Waals surface area contributed by atoms with Crippen molar-refractivity contribution in [3.05, 3.63) is 106 Å². The number of benzene rings is 3. The molecule has 6 nitrogen and oxygen atoms in total.